The van der Waals surface area contributed by atoms with Gasteiger partial charge in [-0.15, -0.1) is 0 Å². The minimum atomic E-state index is 0.375. The molecule has 0 amide bonds. The van der Waals surface area contributed by atoms with Gasteiger partial charge in [-0.05, 0) is 54.7 Å². The monoisotopic (exact) mass is 316 g/mol. The molecular weight excluding hydrogens is 303 g/mol. The maximum Gasteiger partial charge on any atom is 0.101 e. The Labute approximate surface area is 134 Å². The number of rotatable bonds is 3. The van der Waals surface area contributed by atoms with Gasteiger partial charge in [0.2, 0.25) is 0 Å². The zero-order valence-corrected chi connectivity index (χ0v) is 12.8. The van der Waals surface area contributed by atoms with Gasteiger partial charge < -0.3 is 5.32 Å². The molecule has 0 aromatic heterocycles. The van der Waals surface area contributed by atoms with Crippen molar-refractivity contribution in [2.24, 2.45) is 0 Å². The van der Waals surface area contributed by atoms with Gasteiger partial charge in [0, 0.05) is 16.1 Å². The Balaban J connectivity index is 1.65. The Kier molecular flexibility index (Phi) is 4.05. The van der Waals surface area contributed by atoms with Crippen LogP contribution in [0, 0.1) is 11.3 Å². The molecule has 4 heteroatoms. The third-order valence-electron chi connectivity index (χ3n) is 3.92. The van der Waals surface area contributed by atoms with Crippen molar-refractivity contribution in [3.05, 3.63) is 63.6 Å². The van der Waals surface area contributed by atoms with E-state index in [9.17, 15) is 0 Å². The molecule has 106 valence electrons. The van der Waals surface area contributed by atoms with Crippen LogP contribution in [0.25, 0.3) is 0 Å². The van der Waals surface area contributed by atoms with Crippen molar-refractivity contribution in [1.29, 1.82) is 5.26 Å². The molecule has 2 aromatic carbocycles. The lowest BCUT2D eigenvalue weighted by Crippen LogP contribution is -2.34. The van der Waals surface area contributed by atoms with Gasteiger partial charge in [-0.1, -0.05) is 35.3 Å². The normalized spacial score (nSPS) is 20.4. The quantitative estimate of drug-likeness (QED) is 0.842. The molecule has 1 fully saturated rings. The van der Waals surface area contributed by atoms with Crippen molar-refractivity contribution < 1.29 is 0 Å². The lowest BCUT2D eigenvalue weighted by Gasteiger charge is -2.37. The molecule has 0 radical (unpaired) electrons. The van der Waals surface area contributed by atoms with Gasteiger partial charge >= 0.3 is 0 Å². The van der Waals surface area contributed by atoms with Crippen LogP contribution in [0.2, 0.25) is 10.0 Å². The minimum absolute atomic E-state index is 0.375. The van der Waals surface area contributed by atoms with Gasteiger partial charge in [-0.2, -0.15) is 5.26 Å². The lowest BCUT2D eigenvalue weighted by molar-refractivity contribution is 0.374. The van der Waals surface area contributed by atoms with E-state index in [1.54, 1.807) is 12.1 Å². The second-order valence-electron chi connectivity index (χ2n) is 5.37. The third kappa shape index (κ3) is 3.15. The van der Waals surface area contributed by atoms with E-state index in [0.29, 0.717) is 22.5 Å². The molecule has 2 nitrogen and oxygen atoms in total. The van der Waals surface area contributed by atoms with Crippen LogP contribution in [-0.2, 0) is 0 Å². The molecule has 0 spiro atoms. The molecule has 0 aliphatic heterocycles. The number of nitrogens with zero attached hydrogens (tertiary/aromatic N) is 1. The average molecular weight is 317 g/mol. The highest BCUT2D eigenvalue weighted by molar-refractivity contribution is 6.31. The van der Waals surface area contributed by atoms with Crippen molar-refractivity contribution in [3.63, 3.8) is 0 Å². The summed E-state index contributed by atoms with van der Waals surface area (Å²) in [5.74, 6) is 0.533. The summed E-state index contributed by atoms with van der Waals surface area (Å²) in [6, 6.07) is 15.9. The Bertz CT molecular complexity index is 700. The summed E-state index contributed by atoms with van der Waals surface area (Å²) in [7, 11) is 0. The molecule has 3 rings (SSSR count). The maximum atomic E-state index is 9.13. The molecule has 0 atom stereocenters. The maximum absolute atomic E-state index is 9.13. The molecule has 0 saturated heterocycles. The Hall–Kier alpha value is -1.69. The highest BCUT2D eigenvalue weighted by Gasteiger charge is 2.30. The van der Waals surface area contributed by atoms with E-state index in [0.717, 1.165) is 23.6 Å². The fourth-order valence-electron chi connectivity index (χ4n) is 2.72. The van der Waals surface area contributed by atoms with Crippen molar-refractivity contribution in [2.75, 3.05) is 5.32 Å². The first-order valence-corrected chi connectivity index (χ1v) is 7.63. The van der Waals surface area contributed by atoms with Gasteiger partial charge in [0.25, 0.3) is 0 Å². The Morgan fingerprint density at radius 2 is 1.81 bits per heavy atom. The van der Waals surface area contributed by atoms with Crippen LogP contribution in [0.3, 0.4) is 0 Å². The fourth-order valence-corrected chi connectivity index (χ4v) is 3.09. The summed E-state index contributed by atoms with van der Waals surface area (Å²) in [6.07, 6.45) is 2.08. The SMILES string of the molecule is N#Cc1ccc(Cl)cc1NC1CC(c2cccc(Cl)c2)C1. The average Bonchev–Trinajstić information content (AvgIpc) is 2.42. The molecule has 21 heavy (non-hydrogen) atoms. The molecule has 1 aliphatic carbocycles. The van der Waals surface area contributed by atoms with Crippen LogP contribution in [0.1, 0.15) is 29.9 Å². The van der Waals surface area contributed by atoms with Crippen LogP contribution in [0.15, 0.2) is 42.5 Å². The van der Waals surface area contributed by atoms with E-state index < -0.39 is 0 Å². The van der Waals surface area contributed by atoms with Crippen LogP contribution in [-0.4, -0.2) is 6.04 Å². The highest BCUT2D eigenvalue weighted by Crippen LogP contribution is 2.39. The summed E-state index contributed by atoms with van der Waals surface area (Å²) >= 11 is 12.0. The number of hydrogen-bond donors (Lipinski definition) is 1. The third-order valence-corrected chi connectivity index (χ3v) is 4.39. The first kappa shape index (κ1) is 14.3. The van der Waals surface area contributed by atoms with Crippen LogP contribution in [0.4, 0.5) is 5.69 Å². The van der Waals surface area contributed by atoms with Gasteiger partial charge in [0.1, 0.15) is 6.07 Å². The zero-order chi connectivity index (χ0) is 14.8. The summed E-state index contributed by atoms with van der Waals surface area (Å²) < 4.78 is 0. The van der Waals surface area contributed by atoms with Gasteiger partial charge in [0.05, 0.1) is 11.3 Å². The highest BCUT2D eigenvalue weighted by atomic mass is 35.5. The topological polar surface area (TPSA) is 35.8 Å². The molecule has 1 aliphatic rings. The van der Waals surface area contributed by atoms with Crippen molar-refractivity contribution in [1.82, 2.24) is 0 Å². The van der Waals surface area contributed by atoms with Gasteiger partial charge in [-0.3, -0.25) is 0 Å². The molecular formula is C17H14Cl2N2. The number of halogens is 2. The summed E-state index contributed by atoms with van der Waals surface area (Å²) in [5, 5.41) is 14.0. The first-order valence-electron chi connectivity index (χ1n) is 6.87. The molecule has 0 unspecified atom stereocenters. The fraction of sp³-hybridized carbons (Fsp3) is 0.235. The molecule has 1 saturated carbocycles. The van der Waals surface area contributed by atoms with Crippen LogP contribution < -0.4 is 5.32 Å². The van der Waals surface area contributed by atoms with Gasteiger partial charge in [0.15, 0.2) is 0 Å². The van der Waals surface area contributed by atoms with E-state index in [1.165, 1.54) is 5.56 Å². The van der Waals surface area contributed by atoms with E-state index in [-0.39, 0.29) is 0 Å². The lowest BCUT2D eigenvalue weighted by atomic mass is 9.76. The molecule has 0 bridgehead atoms. The van der Waals surface area contributed by atoms with E-state index in [2.05, 4.69) is 17.5 Å². The number of hydrogen-bond acceptors (Lipinski definition) is 2. The predicted octanol–water partition coefficient (Wildman–Crippen LogP) is 5.22. The molecule has 1 N–H and O–H groups in total. The van der Waals surface area contributed by atoms with E-state index in [4.69, 9.17) is 28.5 Å². The number of nitrogens with one attached hydrogen (secondary N) is 1. The molecule has 0 heterocycles. The van der Waals surface area contributed by atoms with Gasteiger partial charge in [-0.25, -0.2) is 0 Å². The first-order chi connectivity index (χ1) is 10.2. The Morgan fingerprint density at radius 3 is 2.52 bits per heavy atom. The van der Waals surface area contributed by atoms with Crippen molar-refractivity contribution >= 4 is 28.9 Å². The predicted molar refractivity (Wildman–Crippen MR) is 87.0 cm³/mol. The van der Waals surface area contributed by atoms with Crippen molar-refractivity contribution in [3.8, 4) is 6.07 Å². The largest absolute Gasteiger partial charge is 0.381 e. The van der Waals surface area contributed by atoms with E-state index in [1.807, 2.05) is 24.3 Å². The van der Waals surface area contributed by atoms with Crippen LogP contribution in [0.5, 0.6) is 0 Å². The number of anilines is 1. The summed E-state index contributed by atoms with van der Waals surface area (Å²) in [5.41, 5.74) is 2.73. The smallest absolute Gasteiger partial charge is 0.101 e. The second kappa shape index (κ2) is 5.97. The number of nitriles is 1. The van der Waals surface area contributed by atoms with Crippen LogP contribution >= 0.6 is 23.2 Å². The summed E-state index contributed by atoms with van der Waals surface area (Å²) in [6.45, 7) is 0. The summed E-state index contributed by atoms with van der Waals surface area (Å²) in [4.78, 5) is 0. The van der Waals surface area contributed by atoms with Crippen molar-refractivity contribution in [2.45, 2.75) is 24.8 Å². The minimum Gasteiger partial charge on any atom is -0.381 e. The Morgan fingerprint density at radius 1 is 1.05 bits per heavy atom. The zero-order valence-electron chi connectivity index (χ0n) is 11.3. The molecule has 2 aromatic rings. The van der Waals surface area contributed by atoms with E-state index >= 15 is 0 Å². The standard InChI is InChI=1S/C17H14Cl2N2/c18-14-3-1-2-11(6-14)13-7-16(8-13)21-17-9-15(19)5-4-12(17)10-20/h1-6,9,13,16,21H,7-8H2. The second-order valence-corrected chi connectivity index (χ2v) is 6.24. The number of benzene rings is 2.